The van der Waals surface area contributed by atoms with Gasteiger partial charge in [-0.25, -0.2) is 0 Å². The van der Waals surface area contributed by atoms with Crippen LogP contribution in [0.25, 0.3) is 0 Å². The Hall–Kier alpha value is -1.20. The van der Waals surface area contributed by atoms with Gasteiger partial charge in [-0.2, -0.15) is 11.8 Å². The third kappa shape index (κ3) is 3.71. The SMILES string of the molecule is O=C(O)C1CNC(c2cccc(OC3CCCSC3)c2)C1. The summed E-state index contributed by atoms with van der Waals surface area (Å²) in [6, 6.07) is 8.21. The maximum atomic E-state index is 11.0. The van der Waals surface area contributed by atoms with Gasteiger partial charge < -0.3 is 15.2 Å². The van der Waals surface area contributed by atoms with E-state index in [9.17, 15) is 4.79 Å². The molecule has 2 N–H and O–H groups in total. The smallest absolute Gasteiger partial charge is 0.307 e. The van der Waals surface area contributed by atoms with E-state index in [1.54, 1.807) is 0 Å². The van der Waals surface area contributed by atoms with Crippen LogP contribution in [0.15, 0.2) is 24.3 Å². The van der Waals surface area contributed by atoms with E-state index in [1.807, 2.05) is 30.0 Å². The molecule has 0 saturated carbocycles. The summed E-state index contributed by atoms with van der Waals surface area (Å²) < 4.78 is 6.06. The molecule has 114 valence electrons. The summed E-state index contributed by atoms with van der Waals surface area (Å²) in [6.07, 6.45) is 3.31. The minimum absolute atomic E-state index is 0.121. The number of hydrogen-bond donors (Lipinski definition) is 2. The lowest BCUT2D eigenvalue weighted by Gasteiger charge is -2.23. The van der Waals surface area contributed by atoms with Crippen LogP contribution in [-0.2, 0) is 4.79 Å². The van der Waals surface area contributed by atoms with Crippen LogP contribution in [0.3, 0.4) is 0 Å². The van der Waals surface area contributed by atoms with Crippen LogP contribution in [0.5, 0.6) is 5.75 Å². The fraction of sp³-hybridized carbons (Fsp3) is 0.562. The Balaban J connectivity index is 1.64. The van der Waals surface area contributed by atoms with E-state index in [0.29, 0.717) is 19.1 Å². The van der Waals surface area contributed by atoms with Gasteiger partial charge in [0.05, 0.1) is 5.92 Å². The Labute approximate surface area is 129 Å². The predicted octanol–water partition coefficient (Wildman–Crippen LogP) is 2.70. The Morgan fingerprint density at radius 2 is 2.33 bits per heavy atom. The van der Waals surface area contributed by atoms with Gasteiger partial charge in [0.25, 0.3) is 0 Å². The van der Waals surface area contributed by atoms with Gasteiger partial charge in [0.15, 0.2) is 0 Å². The maximum Gasteiger partial charge on any atom is 0.307 e. The van der Waals surface area contributed by atoms with Gasteiger partial charge in [-0.3, -0.25) is 4.79 Å². The zero-order chi connectivity index (χ0) is 14.7. The highest BCUT2D eigenvalue weighted by molar-refractivity contribution is 7.99. The van der Waals surface area contributed by atoms with Gasteiger partial charge in [-0.15, -0.1) is 0 Å². The molecule has 2 aliphatic heterocycles. The highest BCUT2D eigenvalue weighted by Crippen LogP contribution is 2.30. The van der Waals surface area contributed by atoms with E-state index in [2.05, 4.69) is 11.4 Å². The topological polar surface area (TPSA) is 58.6 Å². The number of rotatable bonds is 4. The van der Waals surface area contributed by atoms with Crippen molar-refractivity contribution in [1.29, 1.82) is 0 Å². The number of carbonyl (C=O) groups is 1. The zero-order valence-electron chi connectivity index (χ0n) is 12.0. The Morgan fingerprint density at radius 1 is 1.43 bits per heavy atom. The second-order valence-electron chi connectivity index (χ2n) is 5.76. The molecule has 1 aromatic rings. The largest absolute Gasteiger partial charge is 0.490 e. The Morgan fingerprint density at radius 3 is 3.05 bits per heavy atom. The summed E-state index contributed by atoms with van der Waals surface area (Å²) in [7, 11) is 0. The van der Waals surface area contributed by atoms with E-state index in [-0.39, 0.29) is 12.0 Å². The van der Waals surface area contributed by atoms with Gasteiger partial charge in [0, 0.05) is 18.3 Å². The molecular formula is C16H21NO3S. The van der Waals surface area contributed by atoms with Crippen LogP contribution in [-0.4, -0.2) is 35.2 Å². The molecule has 2 aliphatic rings. The van der Waals surface area contributed by atoms with Crippen molar-refractivity contribution in [2.45, 2.75) is 31.4 Å². The molecule has 3 unspecified atom stereocenters. The van der Waals surface area contributed by atoms with E-state index in [4.69, 9.17) is 9.84 Å². The van der Waals surface area contributed by atoms with E-state index >= 15 is 0 Å². The number of nitrogens with one attached hydrogen (secondary N) is 1. The number of benzene rings is 1. The molecular weight excluding hydrogens is 286 g/mol. The highest BCUT2D eigenvalue weighted by atomic mass is 32.2. The van der Waals surface area contributed by atoms with Crippen LogP contribution >= 0.6 is 11.8 Å². The van der Waals surface area contributed by atoms with Crippen molar-refractivity contribution in [1.82, 2.24) is 5.32 Å². The van der Waals surface area contributed by atoms with Crippen molar-refractivity contribution in [3.8, 4) is 5.75 Å². The summed E-state index contributed by atoms with van der Waals surface area (Å²) in [5.41, 5.74) is 1.12. The first kappa shape index (κ1) is 14.7. The lowest BCUT2D eigenvalue weighted by Crippen LogP contribution is -2.23. The predicted molar refractivity (Wildman–Crippen MR) is 83.9 cm³/mol. The molecule has 0 bridgehead atoms. The minimum Gasteiger partial charge on any atom is -0.490 e. The fourth-order valence-electron chi connectivity index (χ4n) is 2.98. The molecule has 2 heterocycles. The number of ether oxygens (including phenoxy) is 1. The van der Waals surface area contributed by atoms with Gasteiger partial charge >= 0.3 is 5.97 Å². The maximum absolute atomic E-state index is 11.0. The van der Waals surface area contributed by atoms with Crippen molar-refractivity contribution < 1.29 is 14.6 Å². The summed E-state index contributed by atoms with van der Waals surface area (Å²) in [4.78, 5) is 11.0. The molecule has 2 saturated heterocycles. The van der Waals surface area contributed by atoms with Gasteiger partial charge in [-0.05, 0) is 42.7 Å². The molecule has 4 nitrogen and oxygen atoms in total. The lowest BCUT2D eigenvalue weighted by atomic mass is 10.00. The van der Waals surface area contributed by atoms with Gasteiger partial charge in [0.2, 0.25) is 0 Å². The second kappa shape index (κ2) is 6.71. The number of hydrogen-bond acceptors (Lipinski definition) is 4. The number of thioether (sulfide) groups is 1. The van der Waals surface area contributed by atoms with E-state index < -0.39 is 5.97 Å². The molecule has 5 heteroatoms. The van der Waals surface area contributed by atoms with Crippen molar-refractivity contribution in [2.75, 3.05) is 18.1 Å². The Kier molecular flexibility index (Phi) is 4.70. The molecule has 0 aromatic heterocycles. The van der Waals surface area contributed by atoms with Crippen LogP contribution in [0.2, 0.25) is 0 Å². The average molecular weight is 307 g/mol. The van der Waals surface area contributed by atoms with E-state index in [1.165, 1.54) is 12.2 Å². The van der Waals surface area contributed by atoms with E-state index in [0.717, 1.165) is 23.5 Å². The van der Waals surface area contributed by atoms with Crippen molar-refractivity contribution in [3.05, 3.63) is 29.8 Å². The third-order valence-corrected chi connectivity index (χ3v) is 5.35. The summed E-state index contributed by atoms with van der Waals surface area (Å²) in [5.74, 6) is 2.21. The summed E-state index contributed by atoms with van der Waals surface area (Å²) in [6.45, 7) is 0.546. The first-order valence-electron chi connectivity index (χ1n) is 7.53. The third-order valence-electron chi connectivity index (χ3n) is 4.16. The zero-order valence-corrected chi connectivity index (χ0v) is 12.8. The van der Waals surface area contributed by atoms with Gasteiger partial charge in [-0.1, -0.05) is 12.1 Å². The standard InChI is InChI=1S/C16H21NO3S/c18-16(19)12-8-15(17-9-12)11-3-1-4-13(7-11)20-14-5-2-6-21-10-14/h1,3-4,7,12,14-15,17H,2,5-6,8-10H2,(H,18,19). The normalized spacial score (nSPS) is 29.2. The molecule has 0 spiro atoms. The van der Waals surface area contributed by atoms with Crippen molar-refractivity contribution in [2.24, 2.45) is 5.92 Å². The average Bonchev–Trinajstić information content (AvgIpc) is 2.99. The molecule has 3 rings (SSSR count). The molecule has 0 aliphatic carbocycles. The lowest BCUT2D eigenvalue weighted by molar-refractivity contribution is -0.141. The molecule has 2 fully saturated rings. The molecule has 21 heavy (non-hydrogen) atoms. The van der Waals surface area contributed by atoms with Crippen LogP contribution in [0.1, 0.15) is 30.9 Å². The molecule has 0 radical (unpaired) electrons. The first-order valence-corrected chi connectivity index (χ1v) is 8.68. The molecule has 3 atom stereocenters. The summed E-state index contributed by atoms with van der Waals surface area (Å²) >= 11 is 1.95. The number of carboxylic acid groups (broad SMARTS) is 1. The van der Waals surface area contributed by atoms with Crippen LogP contribution < -0.4 is 10.1 Å². The first-order chi connectivity index (χ1) is 10.2. The fourth-order valence-corrected chi connectivity index (χ4v) is 4.01. The second-order valence-corrected chi connectivity index (χ2v) is 6.91. The molecule has 0 amide bonds. The van der Waals surface area contributed by atoms with Crippen LogP contribution in [0, 0.1) is 5.92 Å². The molecule has 1 aromatic carbocycles. The highest BCUT2D eigenvalue weighted by Gasteiger charge is 2.30. The Bertz CT molecular complexity index is 502. The van der Waals surface area contributed by atoms with Crippen molar-refractivity contribution >= 4 is 17.7 Å². The van der Waals surface area contributed by atoms with Crippen molar-refractivity contribution in [3.63, 3.8) is 0 Å². The monoisotopic (exact) mass is 307 g/mol. The van der Waals surface area contributed by atoms with Gasteiger partial charge in [0.1, 0.15) is 11.9 Å². The number of carboxylic acids is 1. The van der Waals surface area contributed by atoms with Crippen LogP contribution in [0.4, 0.5) is 0 Å². The quantitative estimate of drug-likeness (QED) is 0.895. The minimum atomic E-state index is -0.711. The number of aliphatic carboxylic acids is 1. The summed E-state index contributed by atoms with van der Waals surface area (Å²) in [5, 5.41) is 12.4.